The number of piperidine rings is 1. The number of carbonyl (C=O) groups excluding carboxylic acids is 2. The van der Waals surface area contributed by atoms with E-state index in [4.69, 9.17) is 5.73 Å². The van der Waals surface area contributed by atoms with E-state index in [1.807, 2.05) is 6.92 Å². The van der Waals surface area contributed by atoms with Gasteiger partial charge in [0, 0.05) is 29.7 Å². The van der Waals surface area contributed by atoms with Crippen molar-refractivity contribution in [2.75, 3.05) is 6.54 Å². The molecule has 1 fully saturated rings. The van der Waals surface area contributed by atoms with Crippen LogP contribution >= 0.6 is 0 Å². The Hall–Kier alpha value is -2.50. The number of amides is 2. The van der Waals surface area contributed by atoms with Gasteiger partial charge in [0.2, 0.25) is 5.91 Å². The number of primary amides is 1. The zero-order valence-corrected chi connectivity index (χ0v) is 13.8. The lowest BCUT2D eigenvalue weighted by Gasteiger charge is -2.37. The first-order valence-corrected chi connectivity index (χ1v) is 8.04. The van der Waals surface area contributed by atoms with E-state index in [0.29, 0.717) is 35.1 Å². The molecule has 1 aromatic heterocycles. The number of aromatic nitrogens is 1. The van der Waals surface area contributed by atoms with Crippen molar-refractivity contribution >= 4 is 22.7 Å². The van der Waals surface area contributed by atoms with Gasteiger partial charge in [0.05, 0.1) is 17.0 Å². The highest BCUT2D eigenvalue weighted by Crippen LogP contribution is 2.27. The molecule has 0 radical (unpaired) electrons. The molecular formula is C18H20FN3O2. The van der Waals surface area contributed by atoms with Crippen LogP contribution in [0, 0.1) is 18.7 Å². The summed E-state index contributed by atoms with van der Waals surface area (Å²) in [5.74, 6) is -1.26. The summed E-state index contributed by atoms with van der Waals surface area (Å²) >= 11 is 0. The zero-order valence-electron chi connectivity index (χ0n) is 13.8. The molecule has 0 bridgehead atoms. The lowest BCUT2D eigenvalue weighted by Crippen LogP contribution is -2.48. The van der Waals surface area contributed by atoms with Gasteiger partial charge < -0.3 is 10.6 Å². The van der Waals surface area contributed by atoms with Crippen molar-refractivity contribution in [3.63, 3.8) is 0 Å². The number of hydrogen-bond donors (Lipinski definition) is 1. The number of hydrogen-bond acceptors (Lipinski definition) is 3. The molecule has 6 heteroatoms. The van der Waals surface area contributed by atoms with Gasteiger partial charge in [0.25, 0.3) is 5.91 Å². The van der Waals surface area contributed by atoms with E-state index >= 15 is 0 Å². The van der Waals surface area contributed by atoms with E-state index in [-0.39, 0.29) is 29.6 Å². The van der Waals surface area contributed by atoms with Gasteiger partial charge in [-0.05, 0) is 44.9 Å². The maximum absolute atomic E-state index is 13.5. The van der Waals surface area contributed by atoms with Crippen LogP contribution in [0.25, 0.3) is 10.9 Å². The molecule has 2 aromatic rings. The number of nitrogens with two attached hydrogens (primary N) is 1. The Balaban J connectivity index is 2.03. The minimum absolute atomic E-state index is 0.0251. The summed E-state index contributed by atoms with van der Waals surface area (Å²) in [4.78, 5) is 30.6. The highest BCUT2D eigenvalue weighted by molar-refractivity contribution is 6.06. The quantitative estimate of drug-likeness (QED) is 0.919. The Morgan fingerprint density at radius 2 is 2.04 bits per heavy atom. The molecule has 2 N–H and O–H groups in total. The molecule has 2 unspecified atom stereocenters. The number of aryl methyl sites for hydroxylation is 1. The molecule has 0 aliphatic carbocycles. The van der Waals surface area contributed by atoms with Crippen LogP contribution in [0.1, 0.15) is 35.8 Å². The number of fused-ring (bicyclic) bond motifs is 1. The van der Waals surface area contributed by atoms with Crippen LogP contribution in [-0.4, -0.2) is 34.3 Å². The van der Waals surface area contributed by atoms with Gasteiger partial charge in [0.1, 0.15) is 5.82 Å². The average Bonchev–Trinajstić information content (AvgIpc) is 2.53. The third-order valence-electron chi connectivity index (χ3n) is 4.68. The normalized spacial score (nSPS) is 21.0. The first-order chi connectivity index (χ1) is 11.4. The van der Waals surface area contributed by atoms with Crippen LogP contribution in [0.3, 0.4) is 0 Å². The molecule has 3 rings (SSSR count). The summed E-state index contributed by atoms with van der Waals surface area (Å²) < 4.78 is 13.5. The predicted octanol–water partition coefficient (Wildman–Crippen LogP) is 2.41. The van der Waals surface area contributed by atoms with Crippen molar-refractivity contribution in [1.29, 1.82) is 0 Å². The molecule has 1 saturated heterocycles. The van der Waals surface area contributed by atoms with Gasteiger partial charge in [-0.1, -0.05) is 0 Å². The fourth-order valence-corrected chi connectivity index (χ4v) is 3.29. The summed E-state index contributed by atoms with van der Waals surface area (Å²) in [5, 5.41) is 0.611. The second-order valence-corrected chi connectivity index (χ2v) is 6.46. The minimum Gasteiger partial charge on any atom is -0.369 e. The van der Waals surface area contributed by atoms with Crippen LogP contribution in [0.5, 0.6) is 0 Å². The predicted molar refractivity (Wildman–Crippen MR) is 88.9 cm³/mol. The third kappa shape index (κ3) is 2.96. The Morgan fingerprint density at radius 3 is 2.75 bits per heavy atom. The van der Waals surface area contributed by atoms with Crippen molar-refractivity contribution in [1.82, 2.24) is 9.88 Å². The molecule has 0 saturated carbocycles. The van der Waals surface area contributed by atoms with Gasteiger partial charge >= 0.3 is 0 Å². The SMILES string of the molecule is Cc1cc(C(=O)N2CC(C(N)=O)CCC2C)c2ccc(F)cc2n1. The van der Waals surface area contributed by atoms with Gasteiger partial charge in [-0.3, -0.25) is 14.6 Å². The lowest BCUT2D eigenvalue weighted by molar-refractivity contribution is -0.123. The number of nitrogens with zero attached hydrogens (tertiary/aromatic N) is 2. The highest BCUT2D eigenvalue weighted by atomic mass is 19.1. The van der Waals surface area contributed by atoms with Crippen LogP contribution in [-0.2, 0) is 4.79 Å². The number of rotatable bonds is 2. The maximum Gasteiger partial charge on any atom is 0.254 e. The molecule has 126 valence electrons. The van der Waals surface area contributed by atoms with E-state index in [1.165, 1.54) is 12.1 Å². The standard InChI is InChI=1S/C18H20FN3O2/c1-10-7-15(14-6-5-13(19)8-16(14)21-10)18(24)22-9-12(17(20)23)4-3-11(22)2/h5-8,11-12H,3-4,9H2,1-2H3,(H2,20,23). The van der Waals surface area contributed by atoms with E-state index in [0.717, 1.165) is 6.42 Å². The van der Waals surface area contributed by atoms with E-state index < -0.39 is 0 Å². The molecule has 2 atom stereocenters. The molecule has 2 amide bonds. The molecule has 5 nitrogen and oxygen atoms in total. The Labute approximate surface area is 139 Å². The number of carbonyl (C=O) groups is 2. The van der Waals surface area contributed by atoms with Crippen molar-refractivity contribution in [3.8, 4) is 0 Å². The summed E-state index contributed by atoms with van der Waals surface area (Å²) in [6, 6.07) is 5.96. The van der Waals surface area contributed by atoms with Crippen molar-refractivity contribution < 1.29 is 14.0 Å². The smallest absolute Gasteiger partial charge is 0.254 e. The van der Waals surface area contributed by atoms with E-state index in [2.05, 4.69) is 4.98 Å². The van der Waals surface area contributed by atoms with Crippen molar-refractivity contribution in [2.24, 2.45) is 11.7 Å². The molecule has 1 aliphatic rings. The van der Waals surface area contributed by atoms with Gasteiger partial charge in [-0.2, -0.15) is 0 Å². The second kappa shape index (κ2) is 6.19. The van der Waals surface area contributed by atoms with Gasteiger partial charge in [-0.15, -0.1) is 0 Å². The Kier molecular flexibility index (Phi) is 4.22. The minimum atomic E-state index is -0.390. The first kappa shape index (κ1) is 16.4. The molecular weight excluding hydrogens is 309 g/mol. The number of benzene rings is 1. The summed E-state index contributed by atoms with van der Waals surface area (Å²) in [7, 11) is 0. The van der Waals surface area contributed by atoms with Crippen LogP contribution in [0.15, 0.2) is 24.3 Å². The molecule has 1 aromatic carbocycles. The molecule has 0 spiro atoms. The fraction of sp³-hybridized carbons (Fsp3) is 0.389. The topological polar surface area (TPSA) is 76.3 Å². The lowest BCUT2D eigenvalue weighted by atomic mass is 9.92. The van der Waals surface area contributed by atoms with Crippen molar-refractivity contribution in [3.05, 3.63) is 41.3 Å². The summed E-state index contributed by atoms with van der Waals surface area (Å²) in [6.07, 6.45) is 1.43. The van der Waals surface area contributed by atoms with Gasteiger partial charge in [0.15, 0.2) is 0 Å². The molecule has 24 heavy (non-hydrogen) atoms. The van der Waals surface area contributed by atoms with Crippen LogP contribution in [0.4, 0.5) is 4.39 Å². The average molecular weight is 329 g/mol. The van der Waals surface area contributed by atoms with Crippen LogP contribution < -0.4 is 5.73 Å². The van der Waals surface area contributed by atoms with E-state index in [9.17, 15) is 14.0 Å². The maximum atomic E-state index is 13.5. The van der Waals surface area contributed by atoms with Gasteiger partial charge in [-0.25, -0.2) is 4.39 Å². The van der Waals surface area contributed by atoms with Crippen molar-refractivity contribution in [2.45, 2.75) is 32.7 Å². The Morgan fingerprint density at radius 1 is 1.29 bits per heavy atom. The second-order valence-electron chi connectivity index (χ2n) is 6.46. The third-order valence-corrected chi connectivity index (χ3v) is 4.68. The molecule has 1 aliphatic heterocycles. The first-order valence-electron chi connectivity index (χ1n) is 8.04. The number of pyridine rings is 1. The fourth-order valence-electron chi connectivity index (χ4n) is 3.29. The van der Waals surface area contributed by atoms with E-state index in [1.54, 1.807) is 24.0 Å². The Bertz CT molecular complexity index is 816. The van der Waals surface area contributed by atoms with Crippen LogP contribution in [0.2, 0.25) is 0 Å². The largest absolute Gasteiger partial charge is 0.369 e. The zero-order chi connectivity index (χ0) is 17.4. The summed E-state index contributed by atoms with van der Waals surface area (Å²) in [6.45, 7) is 4.05. The molecule has 2 heterocycles. The number of likely N-dealkylation sites (tertiary alicyclic amines) is 1. The number of halogens is 1. The highest BCUT2D eigenvalue weighted by Gasteiger charge is 2.32. The summed E-state index contributed by atoms with van der Waals surface area (Å²) in [5.41, 5.74) is 7.00. The monoisotopic (exact) mass is 329 g/mol.